The van der Waals surface area contributed by atoms with Crippen LogP contribution in [0.5, 0.6) is 0 Å². The zero-order chi connectivity index (χ0) is 11.4. The number of amides is 3. The molecule has 0 unspecified atom stereocenters. The third kappa shape index (κ3) is 3.12. The van der Waals surface area contributed by atoms with Gasteiger partial charge in [-0.3, -0.25) is 10.1 Å². The quantitative estimate of drug-likeness (QED) is 0.705. The summed E-state index contributed by atoms with van der Waals surface area (Å²) < 4.78 is 0. The number of rotatable bonds is 4. The average Bonchev–Trinajstić information content (AvgIpc) is 2.59. The fourth-order valence-corrected chi connectivity index (χ4v) is 2.95. The fraction of sp³-hybridized carbons (Fsp3) is 0.800. The third-order valence-corrected chi connectivity index (χ3v) is 3.82. The van der Waals surface area contributed by atoms with Crippen molar-refractivity contribution in [3.8, 4) is 0 Å². The third-order valence-electron chi connectivity index (χ3n) is 2.87. The van der Waals surface area contributed by atoms with E-state index >= 15 is 0 Å². The molecule has 3 amide bonds. The molecule has 0 aromatic carbocycles. The van der Waals surface area contributed by atoms with Crippen LogP contribution in [0.1, 0.15) is 6.42 Å². The SMILES string of the molecule is O=C1CN(CCCN2CCSCC2)C(=O)N1. The van der Waals surface area contributed by atoms with E-state index in [2.05, 4.69) is 10.2 Å². The van der Waals surface area contributed by atoms with Crippen molar-refractivity contribution in [2.75, 3.05) is 44.2 Å². The molecule has 0 spiro atoms. The molecule has 0 aromatic heterocycles. The zero-order valence-electron chi connectivity index (χ0n) is 9.28. The lowest BCUT2D eigenvalue weighted by atomic mass is 10.3. The van der Waals surface area contributed by atoms with E-state index in [1.807, 2.05) is 11.8 Å². The molecule has 0 aliphatic carbocycles. The summed E-state index contributed by atoms with van der Waals surface area (Å²) in [5, 5.41) is 2.29. The topological polar surface area (TPSA) is 52.7 Å². The highest BCUT2D eigenvalue weighted by molar-refractivity contribution is 7.99. The highest BCUT2D eigenvalue weighted by Gasteiger charge is 2.25. The van der Waals surface area contributed by atoms with E-state index < -0.39 is 0 Å². The minimum Gasteiger partial charge on any atom is -0.315 e. The monoisotopic (exact) mass is 243 g/mol. The number of urea groups is 1. The van der Waals surface area contributed by atoms with Crippen molar-refractivity contribution >= 4 is 23.7 Å². The molecule has 2 fully saturated rings. The number of hydrogen-bond donors (Lipinski definition) is 1. The van der Waals surface area contributed by atoms with Crippen molar-refractivity contribution in [2.45, 2.75) is 6.42 Å². The van der Waals surface area contributed by atoms with Crippen LogP contribution >= 0.6 is 11.8 Å². The summed E-state index contributed by atoms with van der Waals surface area (Å²) >= 11 is 2.00. The van der Waals surface area contributed by atoms with Gasteiger partial charge in [-0.1, -0.05) is 0 Å². The molecular weight excluding hydrogens is 226 g/mol. The molecule has 1 N–H and O–H groups in total. The molecule has 2 aliphatic heterocycles. The minimum atomic E-state index is -0.237. The second-order valence-corrected chi connectivity index (χ2v) is 5.31. The Morgan fingerprint density at radius 2 is 1.94 bits per heavy atom. The molecule has 0 aromatic rings. The van der Waals surface area contributed by atoms with Crippen LogP contribution in [0.15, 0.2) is 0 Å². The highest BCUT2D eigenvalue weighted by Crippen LogP contribution is 2.09. The summed E-state index contributed by atoms with van der Waals surface area (Å²) in [4.78, 5) is 26.2. The summed E-state index contributed by atoms with van der Waals surface area (Å²) in [7, 11) is 0. The maximum atomic E-state index is 11.2. The average molecular weight is 243 g/mol. The Bertz CT molecular complexity index is 279. The molecule has 0 radical (unpaired) electrons. The van der Waals surface area contributed by atoms with Gasteiger partial charge in [0.2, 0.25) is 5.91 Å². The Labute approximate surface area is 99.5 Å². The Hall–Kier alpha value is -0.750. The van der Waals surface area contributed by atoms with E-state index in [1.165, 1.54) is 11.5 Å². The van der Waals surface area contributed by atoms with E-state index in [9.17, 15) is 9.59 Å². The summed E-state index contributed by atoms with van der Waals surface area (Å²) in [6.07, 6.45) is 0.950. The predicted molar refractivity (Wildman–Crippen MR) is 63.5 cm³/mol. The molecule has 2 rings (SSSR count). The van der Waals surface area contributed by atoms with Gasteiger partial charge >= 0.3 is 6.03 Å². The van der Waals surface area contributed by atoms with E-state index in [4.69, 9.17) is 0 Å². The van der Waals surface area contributed by atoms with Crippen molar-refractivity contribution in [3.05, 3.63) is 0 Å². The Morgan fingerprint density at radius 1 is 1.19 bits per heavy atom. The lowest BCUT2D eigenvalue weighted by Crippen LogP contribution is -2.36. The lowest BCUT2D eigenvalue weighted by Gasteiger charge is -2.26. The molecule has 2 saturated heterocycles. The molecule has 2 heterocycles. The number of carbonyl (C=O) groups is 2. The van der Waals surface area contributed by atoms with Gasteiger partial charge in [0.25, 0.3) is 0 Å². The van der Waals surface area contributed by atoms with Gasteiger partial charge in [0.15, 0.2) is 0 Å². The highest BCUT2D eigenvalue weighted by atomic mass is 32.2. The predicted octanol–water partition coefficient (Wildman–Crippen LogP) is -0.0229. The van der Waals surface area contributed by atoms with Crippen LogP contribution < -0.4 is 5.32 Å². The molecule has 2 aliphatic rings. The standard InChI is InChI=1S/C10H17N3O2S/c14-9-8-13(10(15)11-9)3-1-2-12-4-6-16-7-5-12/h1-8H2,(H,11,14,15). The van der Waals surface area contributed by atoms with Gasteiger partial charge in [-0.2, -0.15) is 11.8 Å². The van der Waals surface area contributed by atoms with Crippen LogP contribution in [0, 0.1) is 0 Å². The molecule has 90 valence electrons. The van der Waals surface area contributed by atoms with Crippen LogP contribution in [0.2, 0.25) is 0 Å². The smallest absolute Gasteiger partial charge is 0.315 e. The summed E-state index contributed by atoms with van der Waals surface area (Å²) in [5.74, 6) is 2.24. The van der Waals surface area contributed by atoms with Gasteiger partial charge in [0.1, 0.15) is 6.54 Å². The van der Waals surface area contributed by atoms with Gasteiger partial charge in [-0.05, 0) is 13.0 Å². The number of carbonyl (C=O) groups excluding carboxylic acids is 2. The minimum absolute atomic E-state index is 0.181. The van der Waals surface area contributed by atoms with Crippen LogP contribution in [-0.2, 0) is 4.79 Å². The fourth-order valence-electron chi connectivity index (χ4n) is 1.97. The van der Waals surface area contributed by atoms with Gasteiger partial charge in [-0.25, -0.2) is 4.79 Å². The first-order valence-corrected chi connectivity index (χ1v) is 6.80. The summed E-state index contributed by atoms with van der Waals surface area (Å²) in [6, 6.07) is -0.237. The Kier molecular flexibility index (Phi) is 4.06. The molecule has 5 nitrogen and oxygen atoms in total. The lowest BCUT2D eigenvalue weighted by molar-refractivity contribution is -0.118. The first-order chi connectivity index (χ1) is 7.75. The van der Waals surface area contributed by atoms with Gasteiger partial charge in [0, 0.05) is 31.1 Å². The maximum absolute atomic E-state index is 11.2. The van der Waals surface area contributed by atoms with Crippen LogP contribution in [0.25, 0.3) is 0 Å². The molecular formula is C10H17N3O2S. The molecule has 16 heavy (non-hydrogen) atoms. The second-order valence-electron chi connectivity index (χ2n) is 4.08. The first kappa shape index (κ1) is 11.7. The number of imide groups is 1. The maximum Gasteiger partial charge on any atom is 0.324 e. The zero-order valence-corrected chi connectivity index (χ0v) is 10.1. The number of hydrogen-bond acceptors (Lipinski definition) is 4. The van der Waals surface area contributed by atoms with E-state index in [1.54, 1.807) is 4.90 Å². The summed E-state index contributed by atoms with van der Waals surface area (Å²) in [5.41, 5.74) is 0. The van der Waals surface area contributed by atoms with Crippen molar-refractivity contribution in [1.29, 1.82) is 0 Å². The largest absolute Gasteiger partial charge is 0.324 e. The van der Waals surface area contributed by atoms with Crippen molar-refractivity contribution < 1.29 is 9.59 Å². The van der Waals surface area contributed by atoms with E-state index in [0.717, 1.165) is 26.1 Å². The van der Waals surface area contributed by atoms with Crippen LogP contribution in [-0.4, -0.2) is 66.0 Å². The number of nitrogens with zero attached hydrogens (tertiary/aromatic N) is 2. The molecule has 0 bridgehead atoms. The van der Waals surface area contributed by atoms with Gasteiger partial charge in [-0.15, -0.1) is 0 Å². The molecule has 0 saturated carbocycles. The van der Waals surface area contributed by atoms with Crippen LogP contribution in [0.3, 0.4) is 0 Å². The normalized spacial score (nSPS) is 22.6. The number of thioether (sulfide) groups is 1. The van der Waals surface area contributed by atoms with Crippen LogP contribution in [0.4, 0.5) is 4.79 Å². The van der Waals surface area contributed by atoms with Crippen molar-refractivity contribution in [2.24, 2.45) is 0 Å². The first-order valence-electron chi connectivity index (χ1n) is 5.64. The number of nitrogens with one attached hydrogen (secondary N) is 1. The van der Waals surface area contributed by atoms with Crippen molar-refractivity contribution in [3.63, 3.8) is 0 Å². The van der Waals surface area contributed by atoms with Crippen molar-refractivity contribution in [1.82, 2.24) is 15.1 Å². The van der Waals surface area contributed by atoms with E-state index in [-0.39, 0.29) is 18.5 Å². The molecule has 6 heteroatoms. The Morgan fingerprint density at radius 3 is 2.56 bits per heavy atom. The molecule has 0 atom stereocenters. The van der Waals surface area contributed by atoms with Gasteiger partial charge < -0.3 is 9.80 Å². The summed E-state index contributed by atoms with van der Waals surface area (Å²) in [6.45, 7) is 4.24. The van der Waals surface area contributed by atoms with E-state index in [0.29, 0.717) is 6.54 Å². The van der Waals surface area contributed by atoms with Gasteiger partial charge in [0.05, 0.1) is 0 Å². The Balaban J connectivity index is 1.64. The second kappa shape index (κ2) is 5.54.